The van der Waals surface area contributed by atoms with Crippen molar-refractivity contribution in [2.24, 2.45) is 0 Å². The van der Waals surface area contributed by atoms with Crippen molar-refractivity contribution in [3.8, 4) is 5.75 Å². The van der Waals surface area contributed by atoms with Gasteiger partial charge in [0.25, 0.3) is 11.8 Å². The number of nitrogens with zero attached hydrogens (tertiary/aromatic N) is 3. The lowest BCUT2D eigenvalue weighted by atomic mass is 10.1. The van der Waals surface area contributed by atoms with Crippen molar-refractivity contribution in [1.82, 2.24) is 25.4 Å². The number of methoxy groups -OCH3 is 1. The Kier molecular flexibility index (Phi) is 8.49. The van der Waals surface area contributed by atoms with Crippen LogP contribution in [0.15, 0.2) is 60.3 Å². The number of benzene rings is 1. The number of amides is 3. The minimum Gasteiger partial charge on any atom is -0.494 e. The first kappa shape index (κ1) is 26.6. The molecule has 2 aromatic heterocycles. The molecule has 11 heteroatoms. The quantitative estimate of drug-likeness (QED) is 0.301. The maximum absolute atomic E-state index is 12.8. The SMILES string of the molecule is COc1cc2nn(CC(=O)NCCNC(=O)C3=CCCC=C3)cc2cc1NC(=O)c1cccc(C(C)O)n1. The molecule has 4 N–H and O–H groups in total. The number of nitrogens with one attached hydrogen (secondary N) is 3. The Balaban J connectivity index is 1.35. The molecule has 3 aromatic rings. The van der Waals surface area contributed by atoms with Crippen molar-refractivity contribution in [2.75, 3.05) is 25.5 Å². The van der Waals surface area contributed by atoms with Gasteiger partial charge in [0.2, 0.25) is 5.91 Å². The van der Waals surface area contributed by atoms with E-state index in [4.69, 9.17) is 4.74 Å². The number of hydrogen-bond acceptors (Lipinski definition) is 7. The average molecular weight is 519 g/mol. The van der Waals surface area contributed by atoms with Crippen molar-refractivity contribution in [1.29, 1.82) is 0 Å². The first-order valence-corrected chi connectivity index (χ1v) is 12.3. The molecule has 0 saturated carbocycles. The van der Waals surface area contributed by atoms with Crippen molar-refractivity contribution in [3.05, 3.63) is 71.7 Å². The Hall–Kier alpha value is -4.51. The standard InChI is InChI=1S/C27H30N6O5/c1-17(34)20-9-6-10-21(30-20)27(37)31-23-13-19-15-33(32-22(19)14-24(23)38-2)16-25(35)28-11-12-29-26(36)18-7-4-3-5-8-18/h4,6-10,13-15,17,34H,3,5,11-12,16H2,1-2H3,(H,28,35)(H,29,36)(H,31,37). The molecule has 0 saturated heterocycles. The number of carbonyl (C=O) groups excluding carboxylic acids is 3. The third-order valence-corrected chi connectivity index (χ3v) is 5.85. The molecule has 1 aromatic carbocycles. The number of fused-ring (bicyclic) bond motifs is 1. The predicted octanol–water partition coefficient (Wildman–Crippen LogP) is 2.25. The number of aliphatic hydroxyl groups excluding tert-OH is 1. The minimum atomic E-state index is -0.799. The van der Waals surface area contributed by atoms with Crippen LogP contribution < -0.4 is 20.7 Å². The average Bonchev–Trinajstić information content (AvgIpc) is 3.31. The predicted molar refractivity (Wildman–Crippen MR) is 142 cm³/mol. The van der Waals surface area contributed by atoms with Crippen molar-refractivity contribution < 1.29 is 24.2 Å². The molecule has 3 amide bonds. The van der Waals surface area contributed by atoms with Gasteiger partial charge in [0, 0.05) is 36.3 Å². The molecule has 0 fully saturated rings. The molecule has 4 rings (SSSR count). The van der Waals surface area contributed by atoms with Gasteiger partial charge in [-0.2, -0.15) is 5.10 Å². The summed E-state index contributed by atoms with van der Waals surface area (Å²) in [5.41, 5.74) is 2.18. The van der Waals surface area contributed by atoms with E-state index in [1.165, 1.54) is 11.8 Å². The molecule has 1 atom stereocenters. The number of rotatable bonds is 10. The third-order valence-electron chi connectivity index (χ3n) is 5.85. The van der Waals surface area contributed by atoms with Crippen molar-refractivity contribution >= 4 is 34.3 Å². The van der Waals surface area contributed by atoms with Crippen LogP contribution in [0.5, 0.6) is 5.75 Å². The molecule has 0 bridgehead atoms. The summed E-state index contributed by atoms with van der Waals surface area (Å²) in [5.74, 6) is -0.476. The molecule has 2 heterocycles. The Bertz CT molecular complexity index is 1410. The number of hydrogen-bond donors (Lipinski definition) is 4. The van der Waals surface area contributed by atoms with Gasteiger partial charge in [0.15, 0.2) is 0 Å². The zero-order valence-corrected chi connectivity index (χ0v) is 21.2. The number of carbonyl (C=O) groups is 3. The maximum Gasteiger partial charge on any atom is 0.274 e. The van der Waals surface area contributed by atoms with Gasteiger partial charge in [-0.3, -0.25) is 19.1 Å². The first-order chi connectivity index (χ1) is 18.3. The lowest BCUT2D eigenvalue weighted by Crippen LogP contribution is -2.36. The number of allylic oxidation sites excluding steroid dienone is 2. The Labute approximate surface area is 219 Å². The van der Waals surface area contributed by atoms with Crippen LogP contribution in [0.3, 0.4) is 0 Å². The summed E-state index contributed by atoms with van der Waals surface area (Å²) in [5, 5.41) is 23.2. The molecule has 38 heavy (non-hydrogen) atoms. The molecule has 0 spiro atoms. The second kappa shape index (κ2) is 12.2. The van der Waals surface area contributed by atoms with Crippen LogP contribution in [0.2, 0.25) is 0 Å². The van der Waals surface area contributed by atoms with Crippen LogP contribution in [0.4, 0.5) is 5.69 Å². The number of pyridine rings is 1. The van der Waals surface area contributed by atoms with E-state index in [0.29, 0.717) is 40.2 Å². The van der Waals surface area contributed by atoms with Crippen molar-refractivity contribution in [3.63, 3.8) is 0 Å². The molecule has 1 aliphatic carbocycles. The highest BCUT2D eigenvalue weighted by Gasteiger charge is 2.16. The third kappa shape index (κ3) is 6.62. The van der Waals surface area contributed by atoms with Gasteiger partial charge in [-0.1, -0.05) is 24.3 Å². The fourth-order valence-electron chi connectivity index (χ4n) is 3.91. The van der Waals surface area contributed by atoms with E-state index in [2.05, 4.69) is 26.0 Å². The topological polar surface area (TPSA) is 147 Å². The Morgan fingerprint density at radius 1 is 1.13 bits per heavy atom. The van der Waals surface area contributed by atoms with Crippen LogP contribution >= 0.6 is 0 Å². The zero-order chi connectivity index (χ0) is 27.1. The molecule has 1 unspecified atom stereocenters. The van der Waals surface area contributed by atoms with Gasteiger partial charge >= 0.3 is 0 Å². The second-order valence-corrected chi connectivity index (χ2v) is 8.76. The summed E-state index contributed by atoms with van der Waals surface area (Å²) in [6, 6.07) is 8.22. The number of ether oxygens (including phenoxy) is 1. The fourth-order valence-corrected chi connectivity index (χ4v) is 3.91. The Morgan fingerprint density at radius 2 is 1.95 bits per heavy atom. The monoisotopic (exact) mass is 518 g/mol. The van der Waals surface area contributed by atoms with Gasteiger partial charge in [0.05, 0.1) is 30.1 Å². The fraction of sp³-hybridized carbons (Fsp3) is 0.296. The van der Waals surface area contributed by atoms with Gasteiger partial charge in [0.1, 0.15) is 18.0 Å². The summed E-state index contributed by atoms with van der Waals surface area (Å²) in [6.07, 6.45) is 8.35. The summed E-state index contributed by atoms with van der Waals surface area (Å²) in [4.78, 5) is 41.5. The molecule has 1 aliphatic rings. The van der Waals surface area contributed by atoms with Crippen LogP contribution in [-0.4, -0.2) is 57.8 Å². The van der Waals surface area contributed by atoms with E-state index in [1.807, 2.05) is 12.2 Å². The van der Waals surface area contributed by atoms with Gasteiger partial charge in [-0.15, -0.1) is 0 Å². The summed E-state index contributed by atoms with van der Waals surface area (Å²) in [7, 11) is 1.48. The van der Waals surface area contributed by atoms with E-state index in [1.54, 1.807) is 49.5 Å². The largest absolute Gasteiger partial charge is 0.494 e. The number of anilines is 1. The number of aromatic nitrogens is 3. The van der Waals surface area contributed by atoms with Gasteiger partial charge < -0.3 is 25.8 Å². The van der Waals surface area contributed by atoms with E-state index < -0.39 is 12.0 Å². The van der Waals surface area contributed by atoms with Gasteiger partial charge in [-0.05, 0) is 38.0 Å². The summed E-state index contributed by atoms with van der Waals surface area (Å²) < 4.78 is 6.92. The van der Waals surface area contributed by atoms with E-state index in [-0.39, 0.29) is 30.6 Å². The lowest BCUT2D eigenvalue weighted by Gasteiger charge is -2.11. The van der Waals surface area contributed by atoms with Crippen LogP contribution in [0.1, 0.15) is 42.1 Å². The molecular weight excluding hydrogens is 488 g/mol. The molecule has 0 aliphatic heterocycles. The lowest BCUT2D eigenvalue weighted by molar-refractivity contribution is -0.122. The van der Waals surface area contributed by atoms with Crippen molar-refractivity contribution in [2.45, 2.75) is 32.4 Å². The van der Waals surface area contributed by atoms with E-state index in [9.17, 15) is 19.5 Å². The second-order valence-electron chi connectivity index (χ2n) is 8.76. The van der Waals surface area contributed by atoms with Crippen LogP contribution in [0.25, 0.3) is 10.9 Å². The first-order valence-electron chi connectivity index (χ1n) is 12.3. The molecular formula is C27H30N6O5. The molecule has 198 valence electrons. The highest BCUT2D eigenvalue weighted by Crippen LogP contribution is 2.30. The summed E-state index contributed by atoms with van der Waals surface area (Å²) >= 11 is 0. The minimum absolute atomic E-state index is 0.0173. The Morgan fingerprint density at radius 3 is 2.68 bits per heavy atom. The zero-order valence-electron chi connectivity index (χ0n) is 21.2. The van der Waals surface area contributed by atoms with Gasteiger partial charge in [-0.25, -0.2) is 4.98 Å². The summed E-state index contributed by atoms with van der Waals surface area (Å²) in [6.45, 7) is 2.16. The molecule has 0 radical (unpaired) electrons. The smallest absolute Gasteiger partial charge is 0.274 e. The molecule has 11 nitrogen and oxygen atoms in total. The maximum atomic E-state index is 12.8. The highest BCUT2D eigenvalue weighted by atomic mass is 16.5. The highest BCUT2D eigenvalue weighted by molar-refractivity contribution is 6.05. The van der Waals surface area contributed by atoms with Crippen LogP contribution in [-0.2, 0) is 16.1 Å². The van der Waals surface area contributed by atoms with Crippen LogP contribution in [0, 0.1) is 0 Å². The van der Waals surface area contributed by atoms with E-state index >= 15 is 0 Å². The van der Waals surface area contributed by atoms with E-state index in [0.717, 1.165) is 12.8 Å². The normalized spacial score (nSPS) is 13.5. The number of aliphatic hydroxyl groups is 1.